The monoisotopic (exact) mass is 611 g/mol. The maximum absolute atomic E-state index is 12.2. The third kappa shape index (κ3) is 7.10. The number of carbonyl (C=O) groups is 1. The number of ether oxygens (including phenoxy) is 1. The van der Waals surface area contributed by atoms with Gasteiger partial charge in [-0.2, -0.15) is 0 Å². The van der Waals surface area contributed by atoms with Crippen molar-refractivity contribution in [1.29, 1.82) is 0 Å². The van der Waals surface area contributed by atoms with Crippen molar-refractivity contribution >= 4 is 62.5 Å². The predicted octanol–water partition coefficient (Wildman–Crippen LogP) is 6.47. The van der Waals surface area contributed by atoms with Crippen LogP contribution < -0.4 is 15.4 Å². The third-order valence-electron chi connectivity index (χ3n) is 5.03. The lowest BCUT2D eigenvalue weighted by atomic mass is 10.1. The topological polar surface area (TPSA) is 98.3 Å². The number of halogens is 1. The second kappa shape index (κ2) is 12.6. The molecule has 4 aromatic rings. The molecule has 0 bridgehead atoms. The van der Waals surface area contributed by atoms with Crippen molar-refractivity contribution in [1.82, 2.24) is 15.0 Å². The predicted molar refractivity (Wildman–Crippen MR) is 152 cm³/mol. The van der Waals surface area contributed by atoms with Crippen LogP contribution in [0, 0.1) is 25.7 Å². The molecule has 1 unspecified atom stereocenters. The zero-order valence-corrected chi connectivity index (χ0v) is 22.8. The van der Waals surface area contributed by atoms with Crippen LogP contribution in [0.1, 0.15) is 17.7 Å². The number of amides is 1. The van der Waals surface area contributed by atoms with Crippen LogP contribution in [-0.4, -0.2) is 27.5 Å². The molecule has 1 atom stereocenters. The number of pyridine rings is 1. The standard InChI is InChI=1S/C26H23IN5O3P/c1-17-13-19(8-11-24(17)35-21-9-6-18(2)28-15-21)32-26-22-14-20(7-10-23(22)29-16-30-26)31-25(33)5-3-4-12-34-36-27/h6-11,13-16,36H,4,12H2,1-2H3,(H,31,33)(H,29,30,32). The largest absolute Gasteiger partial charge is 0.455 e. The van der Waals surface area contributed by atoms with E-state index >= 15 is 0 Å². The average Bonchev–Trinajstić information content (AvgIpc) is 2.87. The lowest BCUT2D eigenvalue weighted by molar-refractivity contribution is -0.111. The quantitative estimate of drug-likeness (QED) is 0.102. The molecular formula is C26H23IN5O3P. The Morgan fingerprint density at radius 2 is 1.92 bits per heavy atom. The SMILES string of the molecule is Cc1ccc(Oc2ccc(Nc3ncnc4ccc(NC(=O)C#CCCOPI)cc34)cc2C)cn1. The number of benzene rings is 2. The van der Waals surface area contributed by atoms with Gasteiger partial charge in [0.15, 0.2) is 0 Å². The molecule has 0 fully saturated rings. The minimum atomic E-state index is -0.382. The molecule has 1 amide bonds. The fraction of sp³-hybridized carbons (Fsp3) is 0.154. The van der Waals surface area contributed by atoms with Crippen molar-refractivity contribution in [3.05, 3.63) is 72.3 Å². The highest BCUT2D eigenvalue weighted by atomic mass is 127. The summed E-state index contributed by atoms with van der Waals surface area (Å²) in [7, 11) is 0. The number of nitrogens with zero attached hydrogens (tertiary/aromatic N) is 3. The van der Waals surface area contributed by atoms with E-state index < -0.39 is 0 Å². The van der Waals surface area contributed by atoms with E-state index in [0.717, 1.165) is 33.6 Å². The molecule has 182 valence electrons. The molecule has 10 heteroatoms. The summed E-state index contributed by atoms with van der Waals surface area (Å²) < 4.78 is 11.2. The number of carbonyl (C=O) groups excluding carboxylic acids is 1. The number of rotatable bonds is 8. The summed E-state index contributed by atoms with van der Waals surface area (Å²) in [5.41, 5.74) is 4.09. The van der Waals surface area contributed by atoms with Crippen LogP contribution in [-0.2, 0) is 9.32 Å². The Kier molecular flexibility index (Phi) is 9.01. The van der Waals surface area contributed by atoms with E-state index in [-0.39, 0.29) is 5.91 Å². The molecule has 0 radical (unpaired) electrons. The van der Waals surface area contributed by atoms with Crippen molar-refractivity contribution in [3.8, 4) is 23.3 Å². The Labute approximate surface area is 224 Å². The van der Waals surface area contributed by atoms with Gasteiger partial charge in [-0.15, -0.1) is 0 Å². The average molecular weight is 611 g/mol. The van der Waals surface area contributed by atoms with Crippen LogP contribution in [0.2, 0.25) is 0 Å². The van der Waals surface area contributed by atoms with E-state index in [1.54, 1.807) is 12.3 Å². The van der Waals surface area contributed by atoms with Crippen molar-refractivity contribution in [2.24, 2.45) is 0 Å². The molecule has 36 heavy (non-hydrogen) atoms. The van der Waals surface area contributed by atoms with Crippen LogP contribution in [0.4, 0.5) is 17.2 Å². The first-order valence-electron chi connectivity index (χ1n) is 11.0. The van der Waals surface area contributed by atoms with Gasteiger partial charge in [0.05, 0.1) is 24.8 Å². The van der Waals surface area contributed by atoms with Crippen molar-refractivity contribution < 1.29 is 14.1 Å². The van der Waals surface area contributed by atoms with Crippen LogP contribution in [0.15, 0.2) is 61.1 Å². The normalized spacial score (nSPS) is 10.8. The van der Waals surface area contributed by atoms with E-state index in [0.29, 0.717) is 36.7 Å². The van der Waals surface area contributed by atoms with Crippen LogP contribution in [0.5, 0.6) is 11.5 Å². The van der Waals surface area contributed by atoms with Gasteiger partial charge in [0, 0.05) is 28.9 Å². The Balaban J connectivity index is 1.49. The highest BCUT2D eigenvalue weighted by molar-refractivity contribution is 14.2. The molecule has 4 rings (SSSR count). The molecule has 0 saturated heterocycles. The number of aryl methyl sites for hydroxylation is 2. The van der Waals surface area contributed by atoms with Gasteiger partial charge >= 0.3 is 0 Å². The summed E-state index contributed by atoms with van der Waals surface area (Å²) in [6.07, 6.45) is 3.71. The lowest BCUT2D eigenvalue weighted by Gasteiger charge is -2.13. The highest BCUT2D eigenvalue weighted by Gasteiger charge is 2.09. The fourth-order valence-corrected chi connectivity index (χ4v) is 4.14. The van der Waals surface area contributed by atoms with Gasteiger partial charge in [-0.3, -0.25) is 9.78 Å². The number of hydrogen-bond acceptors (Lipinski definition) is 7. The van der Waals surface area contributed by atoms with Crippen LogP contribution in [0.3, 0.4) is 0 Å². The fourth-order valence-electron chi connectivity index (χ4n) is 3.30. The maximum Gasteiger partial charge on any atom is 0.300 e. The van der Waals surface area contributed by atoms with E-state index in [1.165, 1.54) is 6.33 Å². The van der Waals surface area contributed by atoms with Crippen LogP contribution in [0.25, 0.3) is 10.9 Å². The summed E-state index contributed by atoms with van der Waals surface area (Å²) in [5.74, 6) is 7.05. The summed E-state index contributed by atoms with van der Waals surface area (Å²) in [6.45, 7) is 4.81. The van der Waals surface area contributed by atoms with Crippen molar-refractivity contribution in [2.45, 2.75) is 20.3 Å². The minimum absolute atomic E-state index is 0.382. The van der Waals surface area contributed by atoms with Gasteiger partial charge in [-0.25, -0.2) is 9.97 Å². The Morgan fingerprint density at radius 1 is 1.06 bits per heavy atom. The second-order valence-electron chi connectivity index (χ2n) is 7.73. The minimum Gasteiger partial charge on any atom is -0.455 e. The van der Waals surface area contributed by atoms with Gasteiger partial charge in [0.25, 0.3) is 5.91 Å². The van der Waals surface area contributed by atoms with Crippen molar-refractivity contribution in [3.63, 3.8) is 0 Å². The highest BCUT2D eigenvalue weighted by Crippen LogP contribution is 2.30. The van der Waals surface area contributed by atoms with E-state index in [9.17, 15) is 4.79 Å². The van der Waals surface area contributed by atoms with Gasteiger partial charge in [-0.05, 0) is 95.9 Å². The summed E-state index contributed by atoms with van der Waals surface area (Å²) in [6, 6.07) is 15.0. The first-order chi connectivity index (χ1) is 17.5. The van der Waals surface area contributed by atoms with Crippen LogP contribution >= 0.6 is 28.5 Å². The number of aromatic nitrogens is 3. The molecule has 0 aliphatic rings. The lowest BCUT2D eigenvalue weighted by Crippen LogP contribution is -2.08. The molecule has 0 aliphatic heterocycles. The van der Waals surface area contributed by atoms with Gasteiger partial charge < -0.3 is 19.9 Å². The van der Waals surface area contributed by atoms with Gasteiger partial charge in [0.2, 0.25) is 0 Å². The summed E-state index contributed by atoms with van der Waals surface area (Å²) >= 11 is 2.15. The van der Waals surface area contributed by atoms with Gasteiger partial charge in [0.1, 0.15) is 23.6 Å². The third-order valence-corrected chi connectivity index (χ3v) is 6.28. The smallest absolute Gasteiger partial charge is 0.300 e. The summed E-state index contributed by atoms with van der Waals surface area (Å²) in [4.78, 5) is 25.2. The summed E-state index contributed by atoms with van der Waals surface area (Å²) in [5, 5.41) is 6.92. The molecule has 0 saturated carbocycles. The molecule has 2 aromatic carbocycles. The van der Waals surface area contributed by atoms with E-state index in [2.05, 4.69) is 59.5 Å². The molecule has 2 N–H and O–H groups in total. The first-order valence-corrected chi connectivity index (χ1v) is 15.0. The molecule has 0 spiro atoms. The van der Waals surface area contributed by atoms with Gasteiger partial charge in [-0.1, -0.05) is 5.92 Å². The molecule has 8 nitrogen and oxygen atoms in total. The Hall–Kier alpha value is -3.32. The molecule has 2 heterocycles. The maximum atomic E-state index is 12.2. The number of hydrogen-bond donors (Lipinski definition) is 2. The number of fused-ring (bicyclic) bond motifs is 1. The number of anilines is 3. The molecule has 0 aliphatic carbocycles. The van der Waals surface area contributed by atoms with E-state index in [1.807, 2.05) is 56.3 Å². The zero-order chi connectivity index (χ0) is 25.3. The molecule has 2 aromatic heterocycles. The second-order valence-corrected chi connectivity index (χ2v) is 9.49. The van der Waals surface area contributed by atoms with Crippen molar-refractivity contribution in [2.75, 3.05) is 17.2 Å². The molecular weight excluding hydrogens is 588 g/mol. The Bertz CT molecular complexity index is 1440. The zero-order valence-electron chi connectivity index (χ0n) is 19.6. The Morgan fingerprint density at radius 3 is 2.69 bits per heavy atom. The first kappa shape index (κ1) is 25.8. The number of nitrogens with one attached hydrogen (secondary N) is 2. The van der Waals surface area contributed by atoms with E-state index in [4.69, 9.17) is 9.26 Å².